The van der Waals surface area contributed by atoms with Crippen LogP contribution in [0.25, 0.3) is 6.08 Å². The zero-order valence-electron chi connectivity index (χ0n) is 22.6. The van der Waals surface area contributed by atoms with E-state index in [1.165, 1.54) is 0 Å². The minimum Gasteiger partial charge on any atom is -0.423 e. The standard InChI is InChI=1S/C29H38N4O6/c1-27-6-5-24(35)28(2,16-34)22(27)13-23(33-7-9-37-10-8-33)29(17-38-29)21(27)4-3-19-12-20(39-25(19)36)11-18-14-31-26(30)32-15-18/h3-4,11-12,14-15,21-24,34-35H,5-10,13,16-17H2,1-2H3,(H2,30,31,32)/t21?,22?,23?,24-,27-,28+,29?/m1/s1. The van der Waals surface area contributed by atoms with Gasteiger partial charge in [-0.2, -0.15) is 0 Å². The van der Waals surface area contributed by atoms with E-state index in [1.807, 2.05) is 13.0 Å². The average Bonchev–Trinajstić information content (AvgIpc) is 3.64. The van der Waals surface area contributed by atoms with Crippen molar-refractivity contribution in [1.82, 2.24) is 14.9 Å². The van der Waals surface area contributed by atoms with Crippen LogP contribution in [0.15, 0.2) is 42.0 Å². The second-order valence-electron chi connectivity index (χ2n) is 12.2. The molecule has 7 atom stereocenters. The molecule has 0 aromatic carbocycles. The van der Waals surface area contributed by atoms with Crippen molar-refractivity contribution >= 4 is 18.0 Å². The number of rotatable bonds is 5. The fourth-order valence-electron chi connectivity index (χ4n) is 7.82. The summed E-state index contributed by atoms with van der Waals surface area (Å²) in [6, 6.07) is 0.135. The molecular weight excluding hydrogens is 500 g/mol. The molecule has 10 heteroatoms. The maximum absolute atomic E-state index is 12.8. The Balaban J connectivity index is 1.35. The number of hydrogen-bond acceptors (Lipinski definition) is 10. The van der Waals surface area contributed by atoms with E-state index in [1.54, 1.807) is 24.5 Å². The summed E-state index contributed by atoms with van der Waals surface area (Å²) in [5.74, 6) is 0.237. The van der Waals surface area contributed by atoms with Gasteiger partial charge in [0.2, 0.25) is 5.95 Å². The highest BCUT2D eigenvalue weighted by molar-refractivity contribution is 5.96. The molecule has 1 aromatic rings. The van der Waals surface area contributed by atoms with E-state index >= 15 is 0 Å². The summed E-state index contributed by atoms with van der Waals surface area (Å²) in [6.07, 6.45) is 12.3. The SMILES string of the molecule is C[C@]12CC[C@@H](O)[C@@](C)(CO)C1CC(N1CCOCC1)C1(CO1)C2C=CC1=CC(=Cc2cnc(N)nc2)OC1=O. The third kappa shape index (κ3) is 4.42. The second-order valence-corrected chi connectivity index (χ2v) is 12.2. The molecule has 4 heterocycles. The molecule has 2 aliphatic carbocycles. The summed E-state index contributed by atoms with van der Waals surface area (Å²) in [5.41, 5.74) is 5.48. The van der Waals surface area contributed by atoms with E-state index in [2.05, 4.69) is 27.9 Å². The van der Waals surface area contributed by atoms with E-state index < -0.39 is 17.5 Å². The van der Waals surface area contributed by atoms with Gasteiger partial charge in [0.05, 0.1) is 38.1 Å². The first-order valence-electron chi connectivity index (χ1n) is 13.9. The molecule has 3 aliphatic heterocycles. The number of cyclic esters (lactones) is 1. The zero-order chi connectivity index (χ0) is 27.4. The highest BCUT2D eigenvalue weighted by Gasteiger charge is 2.71. The number of anilines is 1. The van der Waals surface area contributed by atoms with E-state index in [0.29, 0.717) is 43.1 Å². The van der Waals surface area contributed by atoms with E-state index in [9.17, 15) is 15.0 Å². The fourth-order valence-corrected chi connectivity index (χ4v) is 7.82. The normalized spacial score (nSPS) is 41.6. The van der Waals surface area contributed by atoms with Crippen LogP contribution < -0.4 is 5.73 Å². The molecule has 2 saturated carbocycles. The van der Waals surface area contributed by atoms with Gasteiger partial charge in [-0.05, 0) is 42.7 Å². The maximum atomic E-state index is 12.8. The van der Waals surface area contributed by atoms with E-state index in [4.69, 9.17) is 19.9 Å². The number of allylic oxidation sites excluding steroid dienone is 1. The minimum atomic E-state index is -0.622. The number of esters is 1. The molecule has 39 heavy (non-hydrogen) atoms. The Morgan fingerprint density at radius 3 is 2.62 bits per heavy atom. The van der Waals surface area contributed by atoms with Crippen LogP contribution >= 0.6 is 0 Å². The van der Waals surface area contributed by atoms with Gasteiger partial charge in [-0.3, -0.25) is 4.90 Å². The van der Waals surface area contributed by atoms with Gasteiger partial charge in [-0.1, -0.05) is 26.0 Å². The predicted molar refractivity (Wildman–Crippen MR) is 143 cm³/mol. The Morgan fingerprint density at radius 1 is 1.23 bits per heavy atom. The number of nitrogens with zero attached hydrogens (tertiary/aromatic N) is 3. The van der Waals surface area contributed by atoms with E-state index in [0.717, 1.165) is 25.9 Å². The number of carbonyl (C=O) groups excluding carboxylic acids is 1. The molecular formula is C29H38N4O6. The van der Waals surface area contributed by atoms with Crippen molar-refractivity contribution in [3.8, 4) is 0 Å². The van der Waals surface area contributed by atoms with Gasteiger partial charge in [0.1, 0.15) is 11.4 Å². The van der Waals surface area contributed by atoms with Gasteiger partial charge in [0, 0.05) is 48.4 Å². The number of nitrogens with two attached hydrogens (primary N) is 1. The number of aromatic nitrogens is 2. The van der Waals surface area contributed by atoms with Crippen molar-refractivity contribution in [3.63, 3.8) is 0 Å². The Hall–Kier alpha value is -2.63. The number of epoxide rings is 1. The van der Waals surface area contributed by atoms with Crippen molar-refractivity contribution < 1.29 is 29.2 Å². The second kappa shape index (κ2) is 9.78. The summed E-state index contributed by atoms with van der Waals surface area (Å²) in [7, 11) is 0. The lowest BCUT2D eigenvalue weighted by atomic mass is 9.44. The summed E-state index contributed by atoms with van der Waals surface area (Å²) in [5, 5.41) is 21.6. The molecule has 1 spiro atoms. The van der Waals surface area contributed by atoms with Crippen LogP contribution in [0, 0.1) is 22.7 Å². The van der Waals surface area contributed by atoms with Crippen molar-refractivity contribution in [2.75, 3.05) is 45.3 Å². The number of aliphatic hydroxyl groups excluding tert-OH is 2. The smallest absolute Gasteiger partial charge is 0.343 e. The molecule has 10 nitrogen and oxygen atoms in total. The van der Waals surface area contributed by atoms with Crippen molar-refractivity contribution in [2.24, 2.45) is 22.7 Å². The highest BCUT2D eigenvalue weighted by atomic mass is 16.6. The molecule has 0 bridgehead atoms. The van der Waals surface area contributed by atoms with Crippen molar-refractivity contribution in [3.05, 3.63) is 47.5 Å². The summed E-state index contributed by atoms with van der Waals surface area (Å²) >= 11 is 0. The molecule has 2 saturated heterocycles. The number of ether oxygens (including phenoxy) is 3. The van der Waals surface area contributed by atoms with Gasteiger partial charge in [-0.25, -0.2) is 14.8 Å². The van der Waals surface area contributed by atoms with Crippen LogP contribution in [-0.4, -0.2) is 88.3 Å². The van der Waals surface area contributed by atoms with Crippen LogP contribution in [0.4, 0.5) is 5.95 Å². The largest absolute Gasteiger partial charge is 0.423 e. The van der Waals surface area contributed by atoms with Crippen LogP contribution in [0.1, 0.15) is 38.7 Å². The molecule has 6 rings (SSSR count). The first-order valence-corrected chi connectivity index (χ1v) is 13.9. The highest BCUT2D eigenvalue weighted by Crippen LogP contribution is 2.66. The summed E-state index contributed by atoms with van der Waals surface area (Å²) in [4.78, 5) is 23.2. The maximum Gasteiger partial charge on any atom is 0.343 e. The van der Waals surface area contributed by atoms with Crippen molar-refractivity contribution in [1.29, 1.82) is 0 Å². The molecule has 5 aliphatic rings. The number of fused-ring (bicyclic) bond motifs is 1. The molecule has 4 fully saturated rings. The van der Waals surface area contributed by atoms with Gasteiger partial charge in [0.25, 0.3) is 0 Å². The molecule has 210 valence electrons. The first-order chi connectivity index (χ1) is 18.7. The summed E-state index contributed by atoms with van der Waals surface area (Å²) in [6.45, 7) is 7.90. The number of morpholine rings is 1. The van der Waals surface area contributed by atoms with Crippen LogP contribution in [-0.2, 0) is 19.0 Å². The Kier molecular flexibility index (Phi) is 6.67. The number of nitrogen functional groups attached to an aromatic ring is 1. The molecule has 1 aromatic heterocycles. The van der Waals surface area contributed by atoms with Crippen LogP contribution in [0.3, 0.4) is 0 Å². The Morgan fingerprint density at radius 2 is 1.95 bits per heavy atom. The van der Waals surface area contributed by atoms with Crippen LogP contribution in [0.5, 0.6) is 0 Å². The lowest BCUT2D eigenvalue weighted by Crippen LogP contribution is -2.67. The minimum absolute atomic E-state index is 0.0119. The first kappa shape index (κ1) is 26.6. The number of carbonyl (C=O) groups is 1. The van der Waals surface area contributed by atoms with Crippen molar-refractivity contribution in [2.45, 2.75) is 50.9 Å². The molecule has 0 amide bonds. The summed E-state index contributed by atoms with van der Waals surface area (Å²) < 4.78 is 17.5. The predicted octanol–water partition coefficient (Wildman–Crippen LogP) is 1.70. The molecule has 4 N–H and O–H groups in total. The van der Waals surface area contributed by atoms with Gasteiger partial charge < -0.3 is 30.2 Å². The molecule has 4 unspecified atom stereocenters. The van der Waals surface area contributed by atoms with E-state index in [-0.39, 0.29) is 41.4 Å². The van der Waals surface area contributed by atoms with Gasteiger partial charge in [-0.15, -0.1) is 0 Å². The third-order valence-electron chi connectivity index (χ3n) is 10.1. The number of hydrogen-bond donors (Lipinski definition) is 3. The lowest BCUT2D eigenvalue weighted by Gasteiger charge is -2.63. The van der Waals surface area contributed by atoms with Crippen LogP contribution in [0.2, 0.25) is 0 Å². The van der Waals surface area contributed by atoms with Gasteiger partial charge in [0.15, 0.2) is 0 Å². The Bertz CT molecular complexity index is 1200. The topological polar surface area (TPSA) is 144 Å². The zero-order valence-corrected chi connectivity index (χ0v) is 22.6. The number of aliphatic hydroxyl groups is 2. The van der Waals surface area contributed by atoms with Gasteiger partial charge >= 0.3 is 5.97 Å². The molecule has 0 radical (unpaired) electrons. The third-order valence-corrected chi connectivity index (χ3v) is 10.1. The Labute approximate surface area is 228 Å². The monoisotopic (exact) mass is 538 g/mol. The fraction of sp³-hybridized carbons (Fsp3) is 0.621. The average molecular weight is 539 g/mol. The lowest BCUT2D eigenvalue weighted by molar-refractivity contribution is -0.186. The quantitative estimate of drug-likeness (QED) is 0.374.